The maximum Gasteiger partial charge on any atom is 0.194 e. The van der Waals surface area contributed by atoms with Crippen LogP contribution in [0.1, 0.15) is 0 Å². The van der Waals surface area contributed by atoms with E-state index in [-0.39, 0.29) is 16.7 Å². The Labute approximate surface area is 116 Å². The molecule has 0 saturated heterocycles. The van der Waals surface area contributed by atoms with Gasteiger partial charge in [-0.1, -0.05) is 23.4 Å². The van der Waals surface area contributed by atoms with Gasteiger partial charge in [0.2, 0.25) is 0 Å². The van der Waals surface area contributed by atoms with Gasteiger partial charge in [0.1, 0.15) is 11.0 Å². The highest BCUT2D eigenvalue weighted by atomic mass is 35.5. The van der Waals surface area contributed by atoms with Crippen molar-refractivity contribution in [3.05, 3.63) is 40.8 Å². The van der Waals surface area contributed by atoms with Gasteiger partial charge >= 0.3 is 0 Å². The van der Waals surface area contributed by atoms with E-state index in [4.69, 9.17) is 11.6 Å². The molecule has 19 heavy (non-hydrogen) atoms. The molecule has 0 amide bonds. The van der Waals surface area contributed by atoms with Crippen molar-refractivity contribution in [2.45, 2.75) is 5.16 Å². The van der Waals surface area contributed by atoms with Gasteiger partial charge < -0.3 is 5.32 Å². The summed E-state index contributed by atoms with van der Waals surface area (Å²) in [6.45, 7) is 0. The Morgan fingerprint density at radius 2 is 1.74 bits per heavy atom. The monoisotopic (exact) mass is 305 g/mol. The zero-order valence-corrected chi connectivity index (χ0v) is 11.1. The summed E-state index contributed by atoms with van der Waals surface area (Å²) in [6.07, 6.45) is 1.76. The molecular weight excluding hydrogens is 299 g/mol. The molecule has 1 heterocycles. The lowest BCUT2D eigenvalue weighted by Crippen LogP contribution is -1.99. The van der Waals surface area contributed by atoms with Gasteiger partial charge in [0, 0.05) is 23.9 Å². The lowest BCUT2D eigenvalue weighted by molar-refractivity contribution is 0.448. The highest BCUT2D eigenvalue weighted by Gasteiger charge is 2.11. The Bertz CT molecular complexity index is 601. The van der Waals surface area contributed by atoms with Gasteiger partial charge in [-0.2, -0.15) is 0 Å². The topological polar surface area (TPSA) is 37.8 Å². The quantitative estimate of drug-likeness (QED) is 0.402. The lowest BCUT2D eigenvalue weighted by Gasteiger charge is -2.07. The molecule has 0 radical (unpaired) electrons. The number of nitrogens with zero attached hydrogens (tertiary/aromatic N) is 2. The van der Waals surface area contributed by atoms with Gasteiger partial charge in [0.15, 0.2) is 22.6 Å². The number of hydrogen-bond donors (Lipinski definition) is 1. The molecule has 0 unspecified atom stereocenters. The van der Waals surface area contributed by atoms with Gasteiger partial charge in [-0.05, 0) is 6.26 Å². The van der Waals surface area contributed by atoms with E-state index in [1.807, 2.05) is 0 Å². The van der Waals surface area contributed by atoms with E-state index in [0.29, 0.717) is 5.16 Å². The van der Waals surface area contributed by atoms with Crippen LogP contribution in [0.4, 0.5) is 24.7 Å². The van der Waals surface area contributed by atoms with E-state index in [2.05, 4.69) is 15.3 Å². The molecule has 1 aromatic carbocycles. The van der Waals surface area contributed by atoms with Crippen molar-refractivity contribution in [3.8, 4) is 0 Å². The van der Waals surface area contributed by atoms with E-state index >= 15 is 0 Å². The lowest BCUT2D eigenvalue weighted by atomic mass is 10.3. The number of anilines is 2. The number of rotatable bonds is 3. The van der Waals surface area contributed by atoms with Crippen LogP contribution in [0.25, 0.3) is 0 Å². The van der Waals surface area contributed by atoms with Crippen LogP contribution < -0.4 is 5.32 Å². The number of hydrogen-bond acceptors (Lipinski definition) is 4. The molecular formula is C11H7ClF3N3S. The largest absolute Gasteiger partial charge is 0.340 e. The van der Waals surface area contributed by atoms with Crippen molar-refractivity contribution in [2.24, 2.45) is 0 Å². The second-order valence-corrected chi connectivity index (χ2v) is 4.60. The predicted molar refractivity (Wildman–Crippen MR) is 68.4 cm³/mol. The van der Waals surface area contributed by atoms with Crippen LogP contribution in [-0.4, -0.2) is 16.2 Å². The smallest absolute Gasteiger partial charge is 0.194 e. The summed E-state index contributed by atoms with van der Waals surface area (Å²) in [6, 6.07) is 3.04. The van der Waals surface area contributed by atoms with Crippen LogP contribution in [0, 0.1) is 17.5 Å². The standard InChI is InChI=1S/C11H7ClF3N3S/c1-19-11-17-8(12)4-9(18-11)16-5-2-6(13)10(15)7(14)3-5/h2-4H,1H3,(H,16,17,18). The minimum absolute atomic E-state index is 0.0261. The van der Waals surface area contributed by atoms with Gasteiger partial charge in [0.25, 0.3) is 0 Å². The predicted octanol–water partition coefficient (Wildman–Crippen LogP) is 4.01. The molecule has 0 aliphatic rings. The maximum atomic E-state index is 13.0. The summed E-state index contributed by atoms with van der Waals surface area (Å²) in [5, 5.41) is 3.22. The van der Waals surface area contributed by atoms with Crippen LogP contribution in [0.5, 0.6) is 0 Å². The van der Waals surface area contributed by atoms with Gasteiger partial charge in [-0.3, -0.25) is 0 Å². The molecule has 2 rings (SSSR count). The first-order valence-corrected chi connectivity index (χ1v) is 6.60. The first-order valence-electron chi connectivity index (χ1n) is 4.99. The molecule has 0 aliphatic heterocycles. The van der Waals surface area contributed by atoms with Crippen LogP contribution in [-0.2, 0) is 0 Å². The first-order chi connectivity index (χ1) is 8.99. The molecule has 0 bridgehead atoms. The maximum absolute atomic E-state index is 13.0. The Morgan fingerprint density at radius 3 is 2.32 bits per heavy atom. The van der Waals surface area contributed by atoms with Gasteiger partial charge in [0.05, 0.1) is 0 Å². The van der Waals surface area contributed by atoms with Gasteiger partial charge in [-0.15, -0.1) is 0 Å². The number of thioether (sulfide) groups is 1. The van der Waals surface area contributed by atoms with Crippen molar-refractivity contribution in [1.82, 2.24) is 9.97 Å². The van der Waals surface area contributed by atoms with Crippen molar-refractivity contribution in [3.63, 3.8) is 0 Å². The molecule has 100 valence electrons. The third kappa shape index (κ3) is 3.30. The molecule has 3 nitrogen and oxygen atoms in total. The number of halogens is 4. The second kappa shape index (κ2) is 5.66. The fourth-order valence-corrected chi connectivity index (χ4v) is 1.94. The van der Waals surface area contributed by atoms with Gasteiger partial charge in [-0.25, -0.2) is 23.1 Å². The fourth-order valence-electron chi connectivity index (χ4n) is 1.33. The molecule has 0 saturated carbocycles. The summed E-state index contributed by atoms with van der Waals surface area (Å²) in [4.78, 5) is 7.96. The Hall–Kier alpha value is -1.47. The molecule has 0 spiro atoms. The van der Waals surface area contributed by atoms with Crippen molar-refractivity contribution in [1.29, 1.82) is 0 Å². The summed E-state index contributed by atoms with van der Waals surface area (Å²) in [5.41, 5.74) is 0.0261. The Morgan fingerprint density at radius 1 is 1.11 bits per heavy atom. The summed E-state index contributed by atoms with van der Waals surface area (Å²) < 4.78 is 38.9. The van der Waals surface area contributed by atoms with E-state index in [1.165, 1.54) is 17.8 Å². The van der Waals surface area contributed by atoms with Crippen LogP contribution in [0.3, 0.4) is 0 Å². The van der Waals surface area contributed by atoms with Crippen molar-refractivity contribution >= 4 is 34.9 Å². The fraction of sp³-hybridized carbons (Fsp3) is 0.0909. The number of aromatic nitrogens is 2. The van der Waals surface area contributed by atoms with E-state index in [1.54, 1.807) is 6.26 Å². The average molecular weight is 306 g/mol. The van der Waals surface area contributed by atoms with Crippen molar-refractivity contribution in [2.75, 3.05) is 11.6 Å². The summed E-state index contributed by atoms with van der Waals surface area (Å²) >= 11 is 7.03. The SMILES string of the molecule is CSc1nc(Cl)cc(Nc2cc(F)c(F)c(F)c2)n1. The van der Waals surface area contributed by atoms with Crippen LogP contribution in [0.2, 0.25) is 5.15 Å². The van der Waals surface area contributed by atoms with E-state index < -0.39 is 17.5 Å². The Kier molecular flexibility index (Phi) is 4.16. The first kappa shape index (κ1) is 14.0. The molecule has 8 heteroatoms. The molecule has 0 aliphatic carbocycles. The average Bonchev–Trinajstić information content (AvgIpc) is 2.35. The van der Waals surface area contributed by atoms with E-state index in [0.717, 1.165) is 12.1 Å². The third-order valence-corrected chi connectivity index (χ3v) is 2.85. The summed E-state index contributed by atoms with van der Waals surface area (Å²) in [5.74, 6) is -3.83. The Balaban J connectivity index is 2.33. The number of nitrogens with one attached hydrogen (secondary N) is 1. The normalized spacial score (nSPS) is 10.6. The third-order valence-electron chi connectivity index (χ3n) is 2.11. The molecule has 0 atom stereocenters. The minimum atomic E-state index is -1.52. The number of benzene rings is 1. The molecule has 2 aromatic rings. The molecule has 0 fully saturated rings. The summed E-state index contributed by atoms with van der Waals surface area (Å²) in [7, 11) is 0. The highest BCUT2D eigenvalue weighted by Crippen LogP contribution is 2.23. The molecule has 1 N–H and O–H groups in total. The second-order valence-electron chi connectivity index (χ2n) is 3.44. The van der Waals surface area contributed by atoms with Crippen LogP contribution in [0.15, 0.2) is 23.4 Å². The zero-order valence-electron chi connectivity index (χ0n) is 9.55. The zero-order chi connectivity index (χ0) is 14.0. The van der Waals surface area contributed by atoms with Crippen molar-refractivity contribution < 1.29 is 13.2 Å². The van der Waals surface area contributed by atoms with Crippen LogP contribution >= 0.6 is 23.4 Å². The molecule has 1 aromatic heterocycles. The highest BCUT2D eigenvalue weighted by molar-refractivity contribution is 7.98. The minimum Gasteiger partial charge on any atom is -0.340 e. The van der Waals surface area contributed by atoms with E-state index in [9.17, 15) is 13.2 Å².